The highest BCUT2D eigenvalue weighted by molar-refractivity contribution is 6.34. The monoisotopic (exact) mass is 474 g/mol. The van der Waals surface area contributed by atoms with Gasteiger partial charge in [-0.15, -0.1) is 0 Å². The van der Waals surface area contributed by atoms with E-state index in [0.29, 0.717) is 16.3 Å². The van der Waals surface area contributed by atoms with Gasteiger partial charge in [0.05, 0.1) is 6.04 Å². The number of aryl methyl sites for hydroxylation is 1. The molecule has 1 spiro atoms. The number of aromatic nitrogens is 3. The van der Waals surface area contributed by atoms with E-state index < -0.39 is 0 Å². The Morgan fingerprint density at radius 1 is 1.26 bits per heavy atom. The number of carbonyl (C=O) groups is 1. The van der Waals surface area contributed by atoms with Gasteiger partial charge in [0.15, 0.2) is 0 Å². The number of benzene rings is 1. The molecule has 1 aliphatic heterocycles. The third-order valence-corrected chi connectivity index (χ3v) is 7.48. The van der Waals surface area contributed by atoms with Gasteiger partial charge >= 0.3 is 0 Å². The Balaban J connectivity index is 1.58. The number of nitrogens with two attached hydrogens (primary N) is 1. The molecule has 0 atom stereocenters. The van der Waals surface area contributed by atoms with Crippen LogP contribution in [-0.4, -0.2) is 44.9 Å². The summed E-state index contributed by atoms with van der Waals surface area (Å²) in [5.74, 6) is -0.00236. The lowest BCUT2D eigenvalue weighted by molar-refractivity contribution is -0.149. The Kier molecular flexibility index (Phi) is 5.32. The maximum Gasteiger partial charge on any atom is 0.245 e. The van der Waals surface area contributed by atoms with Crippen LogP contribution in [0.1, 0.15) is 35.8 Å². The van der Waals surface area contributed by atoms with E-state index >= 15 is 0 Å². The average Bonchev–Trinajstić information content (AvgIpc) is 3.09. The van der Waals surface area contributed by atoms with E-state index in [4.69, 9.17) is 27.8 Å². The van der Waals surface area contributed by atoms with Gasteiger partial charge in [0.2, 0.25) is 5.91 Å². The Labute approximate surface area is 203 Å². The SMILES string of the molecule is C=CC(=O)N1CC2(CC(n3nc(-c4ccnc(C)c4)c(-c4c(Cl)ccc(N)c4C=N)c3C)C2)C1. The summed E-state index contributed by atoms with van der Waals surface area (Å²) < 4.78 is 2.09. The molecule has 1 amide bonds. The molecular weight excluding hydrogens is 448 g/mol. The number of pyridine rings is 1. The van der Waals surface area contributed by atoms with Crippen molar-refractivity contribution in [1.29, 1.82) is 5.41 Å². The summed E-state index contributed by atoms with van der Waals surface area (Å²) in [5, 5.41) is 13.6. The third-order valence-electron chi connectivity index (χ3n) is 7.16. The number of nitrogens with zero attached hydrogens (tertiary/aromatic N) is 4. The van der Waals surface area contributed by atoms with Gasteiger partial charge in [0.1, 0.15) is 5.69 Å². The highest BCUT2D eigenvalue weighted by Crippen LogP contribution is 2.55. The smallest absolute Gasteiger partial charge is 0.245 e. The summed E-state index contributed by atoms with van der Waals surface area (Å²) in [6.45, 7) is 9.14. The summed E-state index contributed by atoms with van der Waals surface area (Å²) in [4.78, 5) is 18.1. The fraction of sp³-hybridized carbons (Fsp3) is 0.308. The lowest BCUT2D eigenvalue weighted by atomic mass is 9.60. The van der Waals surface area contributed by atoms with E-state index in [1.807, 2.05) is 30.9 Å². The maximum absolute atomic E-state index is 11.9. The third kappa shape index (κ3) is 3.42. The minimum atomic E-state index is -0.00236. The number of carbonyl (C=O) groups excluding carboxylic acids is 1. The van der Waals surface area contributed by atoms with Crippen LogP contribution in [0.25, 0.3) is 22.4 Å². The second-order valence-electron chi connectivity index (χ2n) is 9.47. The maximum atomic E-state index is 11.9. The number of nitrogens with one attached hydrogen (secondary N) is 1. The summed E-state index contributed by atoms with van der Waals surface area (Å²) in [7, 11) is 0. The van der Waals surface area contributed by atoms with Crippen LogP contribution in [0.2, 0.25) is 5.02 Å². The molecule has 8 heteroatoms. The first-order valence-corrected chi connectivity index (χ1v) is 11.7. The minimum absolute atomic E-state index is 0.00236. The molecule has 174 valence electrons. The van der Waals surface area contributed by atoms with Crippen molar-refractivity contribution in [2.75, 3.05) is 18.8 Å². The molecule has 3 heterocycles. The van der Waals surface area contributed by atoms with Crippen molar-refractivity contribution in [3.63, 3.8) is 0 Å². The van der Waals surface area contributed by atoms with Crippen molar-refractivity contribution in [3.8, 4) is 22.4 Å². The molecule has 2 aromatic heterocycles. The van der Waals surface area contributed by atoms with Crippen LogP contribution < -0.4 is 5.73 Å². The summed E-state index contributed by atoms with van der Waals surface area (Å²) in [5.41, 5.74) is 12.7. The van der Waals surface area contributed by atoms with E-state index in [1.54, 1.807) is 18.3 Å². The molecule has 7 nitrogen and oxygen atoms in total. The molecular formula is C26H27ClN6O. The van der Waals surface area contributed by atoms with Gasteiger partial charge in [-0.1, -0.05) is 18.2 Å². The first-order chi connectivity index (χ1) is 16.3. The molecule has 0 unspecified atom stereocenters. The van der Waals surface area contributed by atoms with Gasteiger partial charge in [-0.3, -0.25) is 14.5 Å². The zero-order chi connectivity index (χ0) is 24.2. The molecule has 1 aliphatic carbocycles. The number of rotatable bonds is 5. The van der Waals surface area contributed by atoms with Crippen molar-refractivity contribution in [2.24, 2.45) is 5.41 Å². The van der Waals surface area contributed by atoms with Crippen molar-refractivity contribution in [2.45, 2.75) is 32.7 Å². The number of hydrogen-bond donors (Lipinski definition) is 2. The molecule has 1 saturated heterocycles. The Morgan fingerprint density at radius 3 is 2.65 bits per heavy atom. The van der Waals surface area contributed by atoms with Gasteiger partial charge in [0.25, 0.3) is 0 Å². The van der Waals surface area contributed by atoms with Gasteiger partial charge in [-0.25, -0.2) is 0 Å². The number of halogens is 1. The number of anilines is 1. The standard InChI is InChI=1S/C26H27ClN6O/c1-4-22(34)32-13-26(14-32)10-18(11-26)33-16(3)23(24-19(12-28)21(29)6-5-20(24)27)25(31-33)17-7-8-30-15(2)9-17/h4-9,12,18,28H,1,10-11,13-14,29H2,2-3H3. The van der Waals surface area contributed by atoms with Crippen LogP contribution in [-0.2, 0) is 4.79 Å². The van der Waals surface area contributed by atoms with Crippen LogP contribution in [0.15, 0.2) is 43.1 Å². The Bertz CT molecular complexity index is 1330. The van der Waals surface area contributed by atoms with Crippen LogP contribution in [0.5, 0.6) is 0 Å². The molecule has 0 radical (unpaired) electrons. The van der Waals surface area contributed by atoms with Crippen molar-refractivity contribution < 1.29 is 4.79 Å². The second-order valence-corrected chi connectivity index (χ2v) is 9.88. The molecule has 2 fully saturated rings. The van der Waals surface area contributed by atoms with Crippen LogP contribution in [0.3, 0.4) is 0 Å². The summed E-state index contributed by atoms with van der Waals surface area (Å²) in [6, 6.07) is 7.69. The fourth-order valence-electron chi connectivity index (χ4n) is 5.51. The molecule has 2 aliphatic rings. The van der Waals surface area contributed by atoms with E-state index in [0.717, 1.165) is 59.7 Å². The normalized spacial score (nSPS) is 16.7. The van der Waals surface area contributed by atoms with E-state index in [2.05, 4.69) is 16.2 Å². The fourth-order valence-corrected chi connectivity index (χ4v) is 5.77. The molecule has 1 saturated carbocycles. The number of hydrogen-bond acceptors (Lipinski definition) is 5. The van der Waals surface area contributed by atoms with Gasteiger partial charge in [0, 0.05) is 75.3 Å². The minimum Gasteiger partial charge on any atom is -0.398 e. The largest absolute Gasteiger partial charge is 0.398 e. The Morgan fingerprint density at radius 2 is 2.00 bits per heavy atom. The quantitative estimate of drug-likeness (QED) is 0.314. The lowest BCUT2D eigenvalue weighted by Crippen LogP contribution is -2.63. The second kappa shape index (κ2) is 8.09. The first-order valence-electron chi connectivity index (χ1n) is 11.3. The van der Waals surface area contributed by atoms with Crippen LogP contribution in [0.4, 0.5) is 5.69 Å². The summed E-state index contributed by atoms with van der Waals surface area (Å²) >= 11 is 6.70. The van der Waals surface area contributed by atoms with Gasteiger partial charge in [-0.2, -0.15) is 5.10 Å². The first kappa shape index (κ1) is 22.3. The van der Waals surface area contributed by atoms with E-state index in [-0.39, 0.29) is 17.4 Å². The molecule has 5 rings (SSSR count). The molecule has 3 aromatic rings. The van der Waals surface area contributed by atoms with Gasteiger partial charge < -0.3 is 16.0 Å². The lowest BCUT2D eigenvalue weighted by Gasteiger charge is -2.58. The zero-order valence-corrected chi connectivity index (χ0v) is 20.1. The van der Waals surface area contributed by atoms with E-state index in [9.17, 15) is 4.79 Å². The van der Waals surface area contributed by atoms with Crippen molar-refractivity contribution in [1.82, 2.24) is 19.7 Å². The van der Waals surface area contributed by atoms with Crippen LogP contribution in [0, 0.1) is 24.7 Å². The number of amides is 1. The zero-order valence-electron chi connectivity index (χ0n) is 19.3. The predicted molar refractivity (Wildman–Crippen MR) is 135 cm³/mol. The number of likely N-dealkylation sites (tertiary alicyclic amines) is 1. The van der Waals surface area contributed by atoms with Crippen molar-refractivity contribution in [3.05, 3.63) is 65.1 Å². The molecule has 1 aromatic carbocycles. The molecule has 3 N–H and O–H groups in total. The number of nitrogen functional groups attached to an aromatic ring is 1. The predicted octanol–water partition coefficient (Wildman–Crippen LogP) is 4.81. The topological polar surface area (TPSA) is 101 Å². The summed E-state index contributed by atoms with van der Waals surface area (Å²) in [6.07, 6.45) is 6.34. The van der Waals surface area contributed by atoms with E-state index in [1.165, 1.54) is 12.3 Å². The molecule has 34 heavy (non-hydrogen) atoms. The highest BCUT2D eigenvalue weighted by Gasteiger charge is 2.54. The van der Waals surface area contributed by atoms with Gasteiger partial charge in [-0.05, 0) is 57.0 Å². The average molecular weight is 475 g/mol. The Hall–Kier alpha value is -3.45. The highest BCUT2D eigenvalue weighted by atomic mass is 35.5. The van der Waals surface area contributed by atoms with Crippen molar-refractivity contribution >= 4 is 29.4 Å². The molecule has 0 bridgehead atoms. The van der Waals surface area contributed by atoms with Crippen LogP contribution >= 0.6 is 11.6 Å².